The zero-order valence-corrected chi connectivity index (χ0v) is 11.9. The van der Waals surface area contributed by atoms with Crippen LogP contribution >= 0.6 is 11.6 Å². The molecule has 0 unspecified atom stereocenters. The minimum atomic E-state index is -5.42. The Labute approximate surface area is 121 Å². The molecule has 2 aromatic rings. The van der Waals surface area contributed by atoms with Crippen LogP contribution in [0.1, 0.15) is 0 Å². The standard InChI is InChI=1S/C12H11ClNO.FHO3S/c1-15-12-6-8-14(9-7-12)11-4-2-10(13)3-5-11;1-5(2,3)4/h2-9H,1H3;(H,2,3,4)/q+1;/p-1. The van der Waals surface area contributed by atoms with E-state index in [9.17, 15) is 3.89 Å². The van der Waals surface area contributed by atoms with Crippen molar-refractivity contribution in [1.82, 2.24) is 0 Å². The highest BCUT2D eigenvalue weighted by Gasteiger charge is 2.04. The van der Waals surface area contributed by atoms with Crippen molar-refractivity contribution in [1.29, 1.82) is 0 Å². The summed E-state index contributed by atoms with van der Waals surface area (Å²) >= 11 is 5.82. The molecule has 2 rings (SSSR count). The highest BCUT2D eigenvalue weighted by atomic mass is 35.5. The quantitative estimate of drug-likeness (QED) is 0.482. The van der Waals surface area contributed by atoms with Gasteiger partial charge >= 0.3 is 0 Å². The first-order chi connectivity index (χ1) is 9.29. The molecule has 0 N–H and O–H groups in total. The van der Waals surface area contributed by atoms with E-state index in [1.165, 1.54) is 0 Å². The summed E-state index contributed by atoms with van der Waals surface area (Å²) in [5.41, 5.74) is 1.07. The SMILES string of the molecule is COc1cc[n+](-c2ccc(Cl)cc2)cc1.O=S(=O)([O-])F. The minimum Gasteiger partial charge on any atom is -0.722 e. The number of rotatable bonds is 2. The molecule has 0 radical (unpaired) electrons. The van der Waals surface area contributed by atoms with Crippen LogP contribution in [0.4, 0.5) is 3.89 Å². The fourth-order valence-electron chi connectivity index (χ4n) is 1.33. The summed E-state index contributed by atoms with van der Waals surface area (Å²) < 4.78 is 42.4. The molecule has 0 aliphatic rings. The van der Waals surface area contributed by atoms with Gasteiger partial charge in [0, 0.05) is 29.3 Å². The molecule has 20 heavy (non-hydrogen) atoms. The summed E-state index contributed by atoms with van der Waals surface area (Å²) in [6, 6.07) is 11.5. The van der Waals surface area contributed by atoms with Gasteiger partial charge in [-0.2, -0.15) is 4.57 Å². The van der Waals surface area contributed by atoms with Crippen LogP contribution in [0.3, 0.4) is 0 Å². The van der Waals surface area contributed by atoms with Crippen LogP contribution in [0, 0.1) is 0 Å². The monoisotopic (exact) mass is 319 g/mol. The minimum absolute atomic E-state index is 0.743. The number of methoxy groups -OCH3 is 1. The molecular formula is C12H11ClFNO4S. The van der Waals surface area contributed by atoms with Gasteiger partial charge in [-0.25, -0.2) is 8.42 Å². The second kappa shape index (κ2) is 7.18. The molecule has 5 nitrogen and oxygen atoms in total. The summed E-state index contributed by atoms with van der Waals surface area (Å²) in [5.74, 6) is 0.847. The highest BCUT2D eigenvalue weighted by Crippen LogP contribution is 2.10. The summed E-state index contributed by atoms with van der Waals surface area (Å²) in [5, 5.41) is 0.743. The van der Waals surface area contributed by atoms with E-state index in [0.29, 0.717) is 0 Å². The van der Waals surface area contributed by atoms with Gasteiger partial charge in [-0.05, 0) is 12.1 Å². The van der Waals surface area contributed by atoms with Crippen LogP contribution in [0.2, 0.25) is 5.02 Å². The van der Waals surface area contributed by atoms with Crippen molar-refractivity contribution in [3.05, 3.63) is 53.8 Å². The Morgan fingerprint density at radius 2 is 1.60 bits per heavy atom. The van der Waals surface area contributed by atoms with Crippen molar-refractivity contribution in [3.8, 4) is 11.4 Å². The third kappa shape index (κ3) is 6.46. The Balaban J connectivity index is 0.000000347. The molecule has 0 spiro atoms. The molecule has 0 atom stereocenters. The average Bonchev–Trinajstić information content (AvgIpc) is 2.38. The van der Waals surface area contributed by atoms with Crippen LogP contribution < -0.4 is 9.30 Å². The lowest BCUT2D eigenvalue weighted by Gasteiger charge is -1.98. The number of hydrogen-bond donors (Lipinski definition) is 0. The first kappa shape index (κ1) is 16.4. The van der Waals surface area contributed by atoms with Gasteiger partial charge < -0.3 is 9.29 Å². The third-order valence-corrected chi connectivity index (χ3v) is 2.41. The smallest absolute Gasteiger partial charge is 0.255 e. The number of aromatic nitrogens is 1. The molecule has 0 saturated carbocycles. The van der Waals surface area contributed by atoms with Gasteiger partial charge in [0.15, 0.2) is 12.4 Å². The molecule has 1 heterocycles. The first-order valence-electron chi connectivity index (χ1n) is 5.26. The fourth-order valence-corrected chi connectivity index (χ4v) is 1.46. The molecule has 1 aromatic carbocycles. The van der Waals surface area contributed by atoms with Gasteiger partial charge in [-0.3, -0.25) is 0 Å². The summed E-state index contributed by atoms with van der Waals surface area (Å²) in [6.45, 7) is 0. The van der Waals surface area contributed by atoms with E-state index in [-0.39, 0.29) is 0 Å². The van der Waals surface area contributed by atoms with Gasteiger partial charge in [-0.1, -0.05) is 11.6 Å². The topological polar surface area (TPSA) is 70.3 Å². The number of hydrogen-bond acceptors (Lipinski definition) is 4. The lowest BCUT2D eigenvalue weighted by molar-refractivity contribution is -0.595. The van der Waals surface area contributed by atoms with Crippen molar-refractivity contribution in [2.75, 3.05) is 7.11 Å². The summed E-state index contributed by atoms with van der Waals surface area (Å²) in [6.07, 6.45) is 3.89. The molecule has 0 fully saturated rings. The number of pyridine rings is 1. The predicted octanol–water partition coefficient (Wildman–Crippen LogP) is 2.04. The normalized spacial score (nSPS) is 10.4. The van der Waals surface area contributed by atoms with Gasteiger partial charge in [0.05, 0.1) is 7.11 Å². The number of ether oxygens (including phenoxy) is 1. The van der Waals surface area contributed by atoms with Gasteiger partial charge in [0.2, 0.25) is 5.69 Å². The summed E-state index contributed by atoms with van der Waals surface area (Å²) in [7, 11) is -3.76. The van der Waals surface area contributed by atoms with E-state index >= 15 is 0 Å². The third-order valence-electron chi connectivity index (χ3n) is 2.16. The lowest BCUT2D eigenvalue weighted by Crippen LogP contribution is -2.28. The summed E-state index contributed by atoms with van der Waals surface area (Å²) in [4.78, 5) is 0. The molecular weight excluding hydrogens is 309 g/mol. The van der Waals surface area contributed by atoms with E-state index < -0.39 is 10.5 Å². The Morgan fingerprint density at radius 1 is 1.15 bits per heavy atom. The zero-order chi connectivity index (χ0) is 15.2. The molecule has 0 aliphatic heterocycles. The fraction of sp³-hybridized carbons (Fsp3) is 0.0833. The number of halogens is 2. The maximum absolute atomic E-state index is 10.1. The number of benzene rings is 1. The van der Waals surface area contributed by atoms with Crippen LogP contribution in [0.5, 0.6) is 5.75 Å². The van der Waals surface area contributed by atoms with Crippen LogP contribution in [-0.2, 0) is 10.5 Å². The second-order valence-corrected chi connectivity index (χ2v) is 4.74. The Kier molecular flexibility index (Phi) is 5.87. The largest absolute Gasteiger partial charge is 0.722 e. The highest BCUT2D eigenvalue weighted by molar-refractivity contribution is 7.80. The van der Waals surface area contributed by atoms with Gasteiger partial charge in [-0.15, -0.1) is 3.89 Å². The van der Waals surface area contributed by atoms with E-state index in [4.69, 9.17) is 29.3 Å². The van der Waals surface area contributed by atoms with E-state index in [0.717, 1.165) is 16.5 Å². The number of nitrogens with zero attached hydrogens (tertiary/aromatic N) is 1. The first-order valence-corrected chi connectivity index (χ1v) is 6.95. The second-order valence-electron chi connectivity index (χ2n) is 3.51. The van der Waals surface area contributed by atoms with Crippen LogP contribution in [0.15, 0.2) is 48.8 Å². The lowest BCUT2D eigenvalue weighted by atomic mass is 10.3. The Bertz CT molecular complexity index is 636. The van der Waals surface area contributed by atoms with E-state index in [1.807, 2.05) is 53.4 Å². The molecule has 0 bridgehead atoms. The Hall–Kier alpha value is -1.70. The predicted molar refractivity (Wildman–Crippen MR) is 70.3 cm³/mol. The van der Waals surface area contributed by atoms with Crippen LogP contribution in [-0.4, -0.2) is 20.1 Å². The molecule has 0 saturated heterocycles. The maximum atomic E-state index is 10.1. The van der Waals surface area contributed by atoms with Crippen molar-refractivity contribution in [2.45, 2.75) is 0 Å². The maximum Gasteiger partial charge on any atom is 0.255 e. The zero-order valence-electron chi connectivity index (χ0n) is 10.4. The van der Waals surface area contributed by atoms with Crippen LogP contribution in [0.25, 0.3) is 5.69 Å². The molecule has 1 aromatic heterocycles. The van der Waals surface area contributed by atoms with Crippen molar-refractivity contribution in [2.24, 2.45) is 0 Å². The van der Waals surface area contributed by atoms with Crippen molar-refractivity contribution < 1.29 is 26.2 Å². The van der Waals surface area contributed by atoms with E-state index in [1.54, 1.807) is 7.11 Å². The molecule has 8 heteroatoms. The van der Waals surface area contributed by atoms with Gasteiger partial charge in [0.25, 0.3) is 10.5 Å². The van der Waals surface area contributed by atoms with Crippen molar-refractivity contribution in [3.63, 3.8) is 0 Å². The Morgan fingerprint density at radius 3 is 2.00 bits per heavy atom. The molecule has 108 valence electrons. The molecule has 0 aliphatic carbocycles. The molecule has 0 amide bonds. The average molecular weight is 320 g/mol. The van der Waals surface area contributed by atoms with E-state index in [2.05, 4.69) is 0 Å². The van der Waals surface area contributed by atoms with Gasteiger partial charge in [0.1, 0.15) is 5.75 Å². The van der Waals surface area contributed by atoms with Crippen molar-refractivity contribution >= 4 is 22.1 Å².